The molecule has 15 heavy (non-hydrogen) atoms. The first-order chi connectivity index (χ1) is 7.16. The third kappa shape index (κ3) is 2.24. The molecule has 2 rings (SSSR count). The van der Waals surface area contributed by atoms with E-state index in [-0.39, 0.29) is 0 Å². The van der Waals surface area contributed by atoms with Gasteiger partial charge in [-0.3, -0.25) is 0 Å². The van der Waals surface area contributed by atoms with E-state index in [1.807, 2.05) is 12.1 Å². The number of thiol groups is 1. The molecule has 0 aliphatic heterocycles. The predicted octanol–water partition coefficient (Wildman–Crippen LogP) is 4.26. The average Bonchev–Trinajstić information content (AvgIpc) is 2.22. The van der Waals surface area contributed by atoms with Gasteiger partial charge in [-0.05, 0) is 48.2 Å². The molecule has 1 heteroatoms. The van der Waals surface area contributed by atoms with Gasteiger partial charge in [0.1, 0.15) is 0 Å². The van der Waals surface area contributed by atoms with Crippen LogP contribution in [-0.2, 0) is 0 Å². The van der Waals surface area contributed by atoms with Gasteiger partial charge in [0.15, 0.2) is 0 Å². The second kappa shape index (κ2) is 4.11. The molecule has 2 aromatic rings. The van der Waals surface area contributed by atoms with E-state index in [4.69, 9.17) is 0 Å². The highest BCUT2D eigenvalue weighted by molar-refractivity contribution is 7.80. The molecule has 0 unspecified atom stereocenters. The summed E-state index contributed by atoms with van der Waals surface area (Å²) in [5.74, 6) is 0. The lowest BCUT2D eigenvalue weighted by atomic mass is 10.0. The summed E-state index contributed by atoms with van der Waals surface area (Å²) in [5.41, 5.74) is 5.15. The Morgan fingerprint density at radius 1 is 0.800 bits per heavy atom. The fourth-order valence-electron chi connectivity index (χ4n) is 1.61. The smallest absolute Gasteiger partial charge is 0.00461 e. The minimum Gasteiger partial charge on any atom is -0.143 e. The Kier molecular flexibility index (Phi) is 2.83. The first-order valence-corrected chi connectivity index (χ1v) is 5.48. The summed E-state index contributed by atoms with van der Waals surface area (Å²) in [6, 6.07) is 14.8. The van der Waals surface area contributed by atoms with Crippen LogP contribution in [0, 0.1) is 13.8 Å². The highest BCUT2D eigenvalue weighted by Gasteiger charge is 1.99. The van der Waals surface area contributed by atoms with Crippen molar-refractivity contribution in [1.82, 2.24) is 0 Å². The highest BCUT2D eigenvalue weighted by Crippen LogP contribution is 2.23. The summed E-state index contributed by atoms with van der Waals surface area (Å²) in [6.07, 6.45) is 0. The van der Waals surface area contributed by atoms with Gasteiger partial charge in [0.2, 0.25) is 0 Å². The molecule has 0 aliphatic carbocycles. The number of aryl methyl sites for hydroxylation is 2. The van der Waals surface area contributed by atoms with E-state index in [0.29, 0.717) is 0 Å². The molecule has 0 fully saturated rings. The summed E-state index contributed by atoms with van der Waals surface area (Å²) in [6.45, 7) is 4.28. The van der Waals surface area contributed by atoms with Crippen LogP contribution in [0.25, 0.3) is 11.1 Å². The summed E-state index contributed by atoms with van der Waals surface area (Å²) in [7, 11) is 0. The number of benzene rings is 2. The van der Waals surface area contributed by atoms with Crippen LogP contribution in [0.15, 0.2) is 47.4 Å². The molecule has 0 saturated carbocycles. The number of hydrogen-bond donors (Lipinski definition) is 1. The molecular formula is C14H14S. The average molecular weight is 214 g/mol. The Morgan fingerprint density at radius 3 is 2.20 bits per heavy atom. The second-order valence-electron chi connectivity index (χ2n) is 3.85. The lowest BCUT2D eigenvalue weighted by Crippen LogP contribution is -1.83. The predicted molar refractivity (Wildman–Crippen MR) is 68.6 cm³/mol. The zero-order valence-electron chi connectivity index (χ0n) is 8.99. The first kappa shape index (κ1) is 10.3. The van der Waals surface area contributed by atoms with Crippen molar-refractivity contribution in [2.75, 3.05) is 0 Å². The van der Waals surface area contributed by atoms with Gasteiger partial charge in [-0.1, -0.05) is 30.3 Å². The molecule has 0 bridgehead atoms. The van der Waals surface area contributed by atoms with Crippen LogP contribution < -0.4 is 0 Å². The zero-order valence-corrected chi connectivity index (χ0v) is 9.88. The Bertz CT molecular complexity index is 486. The molecular weight excluding hydrogens is 200 g/mol. The molecule has 0 aliphatic rings. The lowest BCUT2D eigenvalue weighted by molar-refractivity contribution is 1.34. The molecule has 0 radical (unpaired) electrons. The van der Waals surface area contributed by atoms with E-state index in [9.17, 15) is 0 Å². The Labute approximate surface area is 96.4 Å². The molecule has 0 atom stereocenters. The van der Waals surface area contributed by atoms with E-state index >= 15 is 0 Å². The van der Waals surface area contributed by atoms with Crippen molar-refractivity contribution in [3.05, 3.63) is 53.6 Å². The second-order valence-corrected chi connectivity index (χ2v) is 4.37. The summed E-state index contributed by atoms with van der Waals surface area (Å²) < 4.78 is 0. The van der Waals surface area contributed by atoms with Gasteiger partial charge >= 0.3 is 0 Å². The van der Waals surface area contributed by atoms with Gasteiger partial charge in [-0.15, -0.1) is 12.6 Å². The lowest BCUT2D eigenvalue weighted by Gasteiger charge is -2.05. The third-order valence-electron chi connectivity index (χ3n) is 2.69. The van der Waals surface area contributed by atoms with Crippen LogP contribution in [0.1, 0.15) is 11.1 Å². The van der Waals surface area contributed by atoms with Crippen molar-refractivity contribution in [2.45, 2.75) is 18.7 Å². The van der Waals surface area contributed by atoms with Crippen LogP contribution in [0.5, 0.6) is 0 Å². The third-order valence-corrected chi connectivity index (χ3v) is 2.96. The first-order valence-electron chi connectivity index (χ1n) is 5.03. The van der Waals surface area contributed by atoms with Crippen molar-refractivity contribution in [1.29, 1.82) is 0 Å². The van der Waals surface area contributed by atoms with Crippen LogP contribution in [0.2, 0.25) is 0 Å². The maximum Gasteiger partial charge on any atom is 0.00461 e. The minimum atomic E-state index is 1.01. The standard InChI is InChI=1S/C14H14S/c1-10-6-7-13(8-11(10)2)12-4-3-5-14(15)9-12/h3-9,15H,1-2H3. The normalized spacial score (nSPS) is 10.3. The van der Waals surface area contributed by atoms with Gasteiger partial charge in [0, 0.05) is 4.90 Å². The Morgan fingerprint density at radius 2 is 1.53 bits per heavy atom. The molecule has 0 amide bonds. The molecule has 0 saturated heterocycles. The quantitative estimate of drug-likeness (QED) is 0.674. The molecule has 0 nitrogen and oxygen atoms in total. The van der Waals surface area contributed by atoms with E-state index < -0.39 is 0 Å². The maximum atomic E-state index is 4.35. The van der Waals surface area contributed by atoms with Crippen molar-refractivity contribution in [2.24, 2.45) is 0 Å². The van der Waals surface area contributed by atoms with Crippen LogP contribution in [-0.4, -0.2) is 0 Å². The van der Waals surface area contributed by atoms with Gasteiger partial charge < -0.3 is 0 Å². The monoisotopic (exact) mass is 214 g/mol. The SMILES string of the molecule is Cc1ccc(-c2cccc(S)c2)cc1C. The van der Waals surface area contributed by atoms with Gasteiger partial charge in [-0.25, -0.2) is 0 Å². The minimum absolute atomic E-state index is 1.01. The van der Waals surface area contributed by atoms with Crippen LogP contribution in [0.3, 0.4) is 0 Å². The van der Waals surface area contributed by atoms with Crippen molar-refractivity contribution in [3.8, 4) is 11.1 Å². The topological polar surface area (TPSA) is 0 Å². The van der Waals surface area contributed by atoms with Crippen molar-refractivity contribution >= 4 is 12.6 Å². The summed E-state index contributed by atoms with van der Waals surface area (Å²) >= 11 is 4.35. The van der Waals surface area contributed by atoms with Gasteiger partial charge in [0.05, 0.1) is 0 Å². The molecule has 0 spiro atoms. The highest BCUT2D eigenvalue weighted by atomic mass is 32.1. The Hall–Kier alpha value is -1.21. The van der Waals surface area contributed by atoms with E-state index in [1.54, 1.807) is 0 Å². The summed E-state index contributed by atoms with van der Waals surface area (Å²) in [5, 5.41) is 0. The van der Waals surface area contributed by atoms with Gasteiger partial charge in [-0.2, -0.15) is 0 Å². The molecule has 0 heterocycles. The summed E-state index contributed by atoms with van der Waals surface area (Å²) in [4.78, 5) is 1.01. The fraction of sp³-hybridized carbons (Fsp3) is 0.143. The van der Waals surface area contributed by atoms with E-state index in [1.165, 1.54) is 22.3 Å². The number of hydrogen-bond acceptors (Lipinski definition) is 1. The maximum absolute atomic E-state index is 4.35. The zero-order chi connectivity index (χ0) is 10.8. The largest absolute Gasteiger partial charge is 0.143 e. The molecule has 0 N–H and O–H groups in total. The van der Waals surface area contributed by atoms with Crippen molar-refractivity contribution < 1.29 is 0 Å². The van der Waals surface area contributed by atoms with Crippen molar-refractivity contribution in [3.63, 3.8) is 0 Å². The molecule has 76 valence electrons. The van der Waals surface area contributed by atoms with Gasteiger partial charge in [0.25, 0.3) is 0 Å². The van der Waals surface area contributed by atoms with E-state index in [0.717, 1.165) is 4.90 Å². The van der Waals surface area contributed by atoms with E-state index in [2.05, 4.69) is 56.8 Å². The molecule has 2 aromatic carbocycles. The Balaban J connectivity index is 2.50. The number of rotatable bonds is 1. The molecule has 0 aromatic heterocycles. The van der Waals surface area contributed by atoms with Crippen LogP contribution >= 0.6 is 12.6 Å². The van der Waals surface area contributed by atoms with Crippen LogP contribution in [0.4, 0.5) is 0 Å². The fourth-order valence-corrected chi connectivity index (χ4v) is 1.83.